The van der Waals surface area contributed by atoms with Crippen molar-refractivity contribution >= 4 is 0 Å². The van der Waals surface area contributed by atoms with Gasteiger partial charge < -0.3 is 4.74 Å². The van der Waals surface area contributed by atoms with Gasteiger partial charge in [-0.25, -0.2) is 0 Å². The molecule has 0 heterocycles. The van der Waals surface area contributed by atoms with Crippen molar-refractivity contribution in [3.8, 4) is 0 Å². The van der Waals surface area contributed by atoms with E-state index in [-0.39, 0.29) is 10.8 Å². The fourth-order valence-corrected chi connectivity index (χ4v) is 3.40. The van der Waals surface area contributed by atoms with Crippen molar-refractivity contribution in [3.63, 3.8) is 0 Å². The van der Waals surface area contributed by atoms with E-state index in [0.717, 1.165) is 19.4 Å². The van der Waals surface area contributed by atoms with Gasteiger partial charge in [0.25, 0.3) is 0 Å². The number of benzene rings is 2. The van der Waals surface area contributed by atoms with E-state index in [2.05, 4.69) is 81.4 Å². The highest BCUT2D eigenvalue weighted by Gasteiger charge is 2.43. The molecule has 0 atom stereocenters. The first-order chi connectivity index (χ1) is 10.5. The lowest BCUT2D eigenvalue weighted by molar-refractivity contribution is 0.146. The van der Waals surface area contributed by atoms with E-state index in [9.17, 15) is 0 Å². The molecular formula is C21H28O. The molecule has 0 bridgehead atoms. The Balaban J connectivity index is 2.46. The Morgan fingerprint density at radius 2 is 1.23 bits per heavy atom. The highest BCUT2D eigenvalue weighted by Crippen LogP contribution is 2.49. The van der Waals surface area contributed by atoms with Crippen molar-refractivity contribution in [1.82, 2.24) is 0 Å². The molecule has 0 aromatic heterocycles. The quantitative estimate of drug-likeness (QED) is 0.618. The average molecular weight is 296 g/mol. The molecule has 22 heavy (non-hydrogen) atoms. The van der Waals surface area contributed by atoms with Crippen molar-refractivity contribution in [2.75, 3.05) is 13.7 Å². The van der Waals surface area contributed by atoms with Gasteiger partial charge in [0.15, 0.2) is 0 Å². The highest BCUT2D eigenvalue weighted by molar-refractivity contribution is 5.40. The molecule has 0 fully saturated rings. The zero-order valence-electron chi connectivity index (χ0n) is 14.3. The smallest absolute Gasteiger partial charge is 0.0462 e. The van der Waals surface area contributed by atoms with Gasteiger partial charge in [-0.2, -0.15) is 0 Å². The molecule has 0 saturated carbocycles. The van der Waals surface area contributed by atoms with Gasteiger partial charge in [0.05, 0.1) is 0 Å². The van der Waals surface area contributed by atoms with E-state index in [4.69, 9.17) is 4.74 Å². The van der Waals surface area contributed by atoms with Gasteiger partial charge in [0.1, 0.15) is 0 Å². The van der Waals surface area contributed by atoms with Crippen LogP contribution in [0, 0.1) is 5.41 Å². The minimum atomic E-state index is -0.0245. The third kappa shape index (κ3) is 3.25. The predicted molar refractivity (Wildman–Crippen MR) is 94.2 cm³/mol. The molecule has 1 heteroatoms. The second kappa shape index (κ2) is 7.11. The van der Waals surface area contributed by atoms with E-state index in [0.29, 0.717) is 0 Å². The van der Waals surface area contributed by atoms with Gasteiger partial charge in [0, 0.05) is 19.1 Å². The first kappa shape index (κ1) is 16.8. The molecule has 1 nitrogen and oxygen atoms in total. The van der Waals surface area contributed by atoms with E-state index in [1.807, 2.05) is 0 Å². The van der Waals surface area contributed by atoms with Crippen LogP contribution < -0.4 is 0 Å². The fourth-order valence-electron chi connectivity index (χ4n) is 3.40. The molecule has 0 aliphatic heterocycles. The molecule has 0 aliphatic carbocycles. The molecule has 0 amide bonds. The standard InChI is InChI=1S/C21H28O/c1-20(2,16-11-17-22-4)21(3,18-12-7-5-8-13-18)19-14-9-6-10-15-19/h5-10,12-15H,11,16-17H2,1-4H3. The Morgan fingerprint density at radius 1 is 0.773 bits per heavy atom. The summed E-state index contributed by atoms with van der Waals surface area (Å²) in [5, 5.41) is 0. The van der Waals surface area contributed by atoms with E-state index >= 15 is 0 Å². The monoisotopic (exact) mass is 296 g/mol. The van der Waals surface area contributed by atoms with Crippen LogP contribution in [-0.2, 0) is 10.2 Å². The van der Waals surface area contributed by atoms with Crippen LogP contribution in [-0.4, -0.2) is 13.7 Å². The lowest BCUT2D eigenvalue weighted by Crippen LogP contribution is -2.40. The maximum absolute atomic E-state index is 5.26. The molecule has 2 aromatic rings. The Labute approximate surface area is 135 Å². The minimum Gasteiger partial charge on any atom is -0.385 e. The molecule has 0 radical (unpaired) electrons. The number of rotatable bonds is 7. The summed E-state index contributed by atoms with van der Waals surface area (Å²) in [6.45, 7) is 7.96. The van der Waals surface area contributed by atoms with Gasteiger partial charge in [-0.1, -0.05) is 81.4 Å². The number of hydrogen-bond donors (Lipinski definition) is 0. The number of hydrogen-bond acceptors (Lipinski definition) is 1. The van der Waals surface area contributed by atoms with E-state index in [1.54, 1.807) is 7.11 Å². The topological polar surface area (TPSA) is 9.23 Å². The number of methoxy groups -OCH3 is 1. The largest absolute Gasteiger partial charge is 0.385 e. The van der Waals surface area contributed by atoms with Crippen molar-refractivity contribution in [3.05, 3.63) is 71.8 Å². The molecule has 2 rings (SSSR count). The first-order valence-electron chi connectivity index (χ1n) is 8.12. The molecule has 118 valence electrons. The van der Waals surface area contributed by atoms with Gasteiger partial charge in [-0.3, -0.25) is 0 Å². The summed E-state index contributed by atoms with van der Waals surface area (Å²) < 4.78 is 5.26. The highest BCUT2D eigenvalue weighted by atomic mass is 16.5. The molecular weight excluding hydrogens is 268 g/mol. The van der Waals surface area contributed by atoms with Crippen LogP contribution >= 0.6 is 0 Å². The van der Waals surface area contributed by atoms with Crippen LogP contribution in [0.5, 0.6) is 0 Å². The molecule has 0 N–H and O–H groups in total. The normalized spacial score (nSPS) is 12.4. The van der Waals surface area contributed by atoms with Crippen LogP contribution in [0.15, 0.2) is 60.7 Å². The maximum atomic E-state index is 5.26. The first-order valence-corrected chi connectivity index (χ1v) is 8.12. The summed E-state index contributed by atoms with van der Waals surface area (Å²) in [7, 11) is 1.78. The van der Waals surface area contributed by atoms with Gasteiger partial charge in [-0.05, 0) is 29.4 Å². The summed E-state index contributed by atoms with van der Waals surface area (Å²) in [6.07, 6.45) is 2.21. The summed E-state index contributed by atoms with van der Waals surface area (Å²) in [6, 6.07) is 21.8. The second-order valence-corrected chi connectivity index (χ2v) is 6.84. The van der Waals surface area contributed by atoms with Gasteiger partial charge in [0.2, 0.25) is 0 Å². The molecule has 0 unspecified atom stereocenters. The lowest BCUT2D eigenvalue weighted by atomic mass is 9.58. The van der Waals surface area contributed by atoms with Crippen LogP contribution in [0.1, 0.15) is 44.7 Å². The van der Waals surface area contributed by atoms with Crippen LogP contribution in [0.4, 0.5) is 0 Å². The Morgan fingerprint density at radius 3 is 1.64 bits per heavy atom. The minimum absolute atomic E-state index is 0.0245. The SMILES string of the molecule is COCCCC(C)(C)C(C)(c1ccccc1)c1ccccc1. The average Bonchev–Trinajstić information content (AvgIpc) is 2.55. The Hall–Kier alpha value is -1.60. The van der Waals surface area contributed by atoms with Crippen LogP contribution in [0.2, 0.25) is 0 Å². The van der Waals surface area contributed by atoms with Crippen LogP contribution in [0.3, 0.4) is 0 Å². The molecule has 0 saturated heterocycles. The fraction of sp³-hybridized carbons (Fsp3) is 0.429. The van der Waals surface area contributed by atoms with Crippen molar-refractivity contribution in [2.45, 2.75) is 39.0 Å². The second-order valence-electron chi connectivity index (χ2n) is 6.84. The summed E-state index contributed by atoms with van der Waals surface area (Å²) in [5.74, 6) is 0. The van der Waals surface area contributed by atoms with Gasteiger partial charge in [-0.15, -0.1) is 0 Å². The number of ether oxygens (including phenoxy) is 1. The third-order valence-electron chi connectivity index (χ3n) is 5.21. The van der Waals surface area contributed by atoms with Crippen LogP contribution in [0.25, 0.3) is 0 Å². The van der Waals surface area contributed by atoms with E-state index < -0.39 is 0 Å². The predicted octanol–water partition coefficient (Wildman–Crippen LogP) is 5.45. The summed E-state index contributed by atoms with van der Waals surface area (Å²) in [5.41, 5.74) is 2.87. The van der Waals surface area contributed by atoms with Gasteiger partial charge >= 0.3 is 0 Å². The Kier molecular flexibility index (Phi) is 5.42. The zero-order chi connectivity index (χ0) is 16.1. The summed E-state index contributed by atoms with van der Waals surface area (Å²) >= 11 is 0. The molecule has 0 aliphatic rings. The Bertz CT molecular complexity index is 517. The molecule has 0 spiro atoms. The van der Waals surface area contributed by atoms with Crippen molar-refractivity contribution in [2.24, 2.45) is 5.41 Å². The van der Waals surface area contributed by atoms with Crippen molar-refractivity contribution in [1.29, 1.82) is 0 Å². The van der Waals surface area contributed by atoms with Crippen molar-refractivity contribution < 1.29 is 4.74 Å². The lowest BCUT2D eigenvalue weighted by Gasteiger charge is -2.46. The molecule has 2 aromatic carbocycles. The summed E-state index contributed by atoms with van der Waals surface area (Å²) in [4.78, 5) is 0. The third-order valence-corrected chi connectivity index (χ3v) is 5.21. The van der Waals surface area contributed by atoms with E-state index in [1.165, 1.54) is 11.1 Å². The maximum Gasteiger partial charge on any atom is 0.0462 e. The zero-order valence-corrected chi connectivity index (χ0v) is 14.3.